The van der Waals surface area contributed by atoms with Gasteiger partial charge in [0.15, 0.2) is 0 Å². The minimum Gasteiger partial charge on any atom is -0.326 e. The normalized spacial score (nSPS) is 10.2. The zero-order chi connectivity index (χ0) is 13.7. The van der Waals surface area contributed by atoms with Crippen molar-refractivity contribution in [2.24, 2.45) is 0 Å². The Morgan fingerprint density at radius 1 is 1.05 bits per heavy atom. The van der Waals surface area contributed by atoms with Crippen LogP contribution in [0.15, 0.2) is 48.5 Å². The lowest BCUT2D eigenvalue weighted by Gasteiger charge is -2.09. The molecular formula is C16H16FNO. The predicted molar refractivity (Wildman–Crippen MR) is 74.6 cm³/mol. The van der Waals surface area contributed by atoms with Crippen LogP contribution < -0.4 is 5.32 Å². The zero-order valence-electron chi connectivity index (χ0n) is 10.8. The van der Waals surface area contributed by atoms with Crippen LogP contribution in [0.25, 0.3) is 0 Å². The Hall–Kier alpha value is -2.16. The van der Waals surface area contributed by atoms with Gasteiger partial charge in [-0.15, -0.1) is 0 Å². The standard InChI is InChI=1S/C16H16FNO/c1-2-12-7-4-6-10-15(12)18-16(19)11-13-8-3-5-9-14(13)17/h3-10H,2,11H2,1H3,(H,18,19). The number of anilines is 1. The first-order valence-electron chi connectivity index (χ1n) is 6.32. The van der Waals surface area contributed by atoms with Crippen LogP contribution in [0.5, 0.6) is 0 Å². The van der Waals surface area contributed by atoms with Gasteiger partial charge in [0.05, 0.1) is 6.42 Å². The van der Waals surface area contributed by atoms with Crippen molar-refractivity contribution < 1.29 is 9.18 Å². The lowest BCUT2D eigenvalue weighted by Crippen LogP contribution is -2.16. The molecular weight excluding hydrogens is 241 g/mol. The second kappa shape index (κ2) is 6.14. The minimum absolute atomic E-state index is 0.0464. The van der Waals surface area contributed by atoms with Gasteiger partial charge in [-0.2, -0.15) is 0 Å². The maximum Gasteiger partial charge on any atom is 0.228 e. The van der Waals surface area contributed by atoms with Crippen LogP contribution >= 0.6 is 0 Å². The van der Waals surface area contributed by atoms with Gasteiger partial charge in [0.1, 0.15) is 5.82 Å². The van der Waals surface area contributed by atoms with Crippen LogP contribution in [0.4, 0.5) is 10.1 Å². The molecule has 0 radical (unpaired) electrons. The van der Waals surface area contributed by atoms with E-state index in [4.69, 9.17) is 0 Å². The van der Waals surface area contributed by atoms with E-state index in [0.29, 0.717) is 5.56 Å². The van der Waals surface area contributed by atoms with Crippen molar-refractivity contribution in [1.29, 1.82) is 0 Å². The Bertz CT molecular complexity index is 580. The van der Waals surface area contributed by atoms with E-state index in [2.05, 4.69) is 5.32 Å². The van der Waals surface area contributed by atoms with Gasteiger partial charge in [-0.1, -0.05) is 43.3 Å². The molecule has 0 saturated heterocycles. The molecule has 2 aromatic carbocycles. The van der Waals surface area contributed by atoms with Crippen LogP contribution in [-0.4, -0.2) is 5.91 Å². The summed E-state index contributed by atoms with van der Waals surface area (Å²) < 4.78 is 13.5. The third kappa shape index (κ3) is 3.41. The summed E-state index contributed by atoms with van der Waals surface area (Å²) in [4.78, 5) is 11.9. The van der Waals surface area contributed by atoms with Crippen molar-refractivity contribution in [1.82, 2.24) is 0 Å². The van der Waals surface area contributed by atoms with Gasteiger partial charge in [0.2, 0.25) is 5.91 Å². The lowest BCUT2D eigenvalue weighted by atomic mass is 10.1. The van der Waals surface area contributed by atoms with Crippen molar-refractivity contribution in [3.63, 3.8) is 0 Å². The molecule has 1 amide bonds. The highest BCUT2D eigenvalue weighted by Gasteiger charge is 2.09. The number of benzene rings is 2. The smallest absolute Gasteiger partial charge is 0.228 e. The van der Waals surface area contributed by atoms with Crippen molar-refractivity contribution in [2.45, 2.75) is 19.8 Å². The number of halogens is 1. The molecule has 2 aromatic rings. The molecule has 2 rings (SSSR count). The number of carbonyl (C=O) groups excluding carboxylic acids is 1. The highest BCUT2D eigenvalue weighted by molar-refractivity contribution is 5.93. The second-order valence-electron chi connectivity index (χ2n) is 4.33. The fraction of sp³-hybridized carbons (Fsp3) is 0.188. The molecule has 0 aliphatic rings. The summed E-state index contributed by atoms with van der Waals surface area (Å²) in [5, 5.41) is 2.83. The average molecular weight is 257 g/mol. The highest BCUT2D eigenvalue weighted by atomic mass is 19.1. The quantitative estimate of drug-likeness (QED) is 0.891. The fourth-order valence-corrected chi connectivity index (χ4v) is 1.96. The number of hydrogen-bond donors (Lipinski definition) is 1. The van der Waals surface area contributed by atoms with Gasteiger partial charge in [-0.25, -0.2) is 4.39 Å². The fourth-order valence-electron chi connectivity index (χ4n) is 1.96. The second-order valence-corrected chi connectivity index (χ2v) is 4.33. The van der Waals surface area contributed by atoms with Crippen LogP contribution in [0, 0.1) is 5.82 Å². The Morgan fingerprint density at radius 3 is 2.37 bits per heavy atom. The molecule has 3 heteroatoms. The number of para-hydroxylation sites is 1. The molecule has 0 saturated carbocycles. The SMILES string of the molecule is CCc1ccccc1NC(=O)Cc1ccccc1F. The molecule has 19 heavy (non-hydrogen) atoms. The predicted octanol–water partition coefficient (Wildman–Crippen LogP) is 3.57. The summed E-state index contributed by atoms with van der Waals surface area (Å²) in [6, 6.07) is 14.0. The number of carbonyl (C=O) groups is 1. The largest absolute Gasteiger partial charge is 0.326 e. The summed E-state index contributed by atoms with van der Waals surface area (Å²) in [7, 11) is 0. The van der Waals surface area contributed by atoms with E-state index in [0.717, 1.165) is 17.7 Å². The summed E-state index contributed by atoms with van der Waals surface area (Å²) in [5.74, 6) is -0.549. The van der Waals surface area contributed by atoms with Crippen LogP contribution in [-0.2, 0) is 17.6 Å². The Kier molecular flexibility index (Phi) is 4.29. The molecule has 0 aliphatic heterocycles. The molecule has 0 bridgehead atoms. The Morgan fingerprint density at radius 2 is 1.68 bits per heavy atom. The van der Waals surface area contributed by atoms with Gasteiger partial charge < -0.3 is 5.32 Å². The summed E-state index contributed by atoms with van der Waals surface area (Å²) in [6.45, 7) is 2.03. The molecule has 0 unspecified atom stereocenters. The molecule has 2 nitrogen and oxygen atoms in total. The van der Waals surface area contributed by atoms with E-state index in [-0.39, 0.29) is 18.1 Å². The van der Waals surface area contributed by atoms with E-state index in [9.17, 15) is 9.18 Å². The van der Waals surface area contributed by atoms with Gasteiger partial charge in [-0.3, -0.25) is 4.79 Å². The first-order valence-corrected chi connectivity index (χ1v) is 6.32. The van der Waals surface area contributed by atoms with Gasteiger partial charge in [-0.05, 0) is 29.7 Å². The molecule has 1 N–H and O–H groups in total. The van der Waals surface area contributed by atoms with Crippen LogP contribution in [0.2, 0.25) is 0 Å². The maximum absolute atomic E-state index is 13.5. The number of hydrogen-bond acceptors (Lipinski definition) is 1. The average Bonchev–Trinajstić information content (AvgIpc) is 2.42. The van der Waals surface area contributed by atoms with E-state index >= 15 is 0 Å². The first-order chi connectivity index (χ1) is 9.20. The van der Waals surface area contributed by atoms with Crippen molar-refractivity contribution in [2.75, 3.05) is 5.32 Å². The van der Waals surface area contributed by atoms with E-state index in [1.165, 1.54) is 6.07 Å². The molecule has 0 atom stereocenters. The molecule has 98 valence electrons. The monoisotopic (exact) mass is 257 g/mol. The summed E-state index contributed by atoms with van der Waals surface area (Å²) >= 11 is 0. The van der Waals surface area contributed by atoms with Gasteiger partial charge in [0, 0.05) is 5.69 Å². The van der Waals surface area contributed by atoms with Crippen molar-refractivity contribution in [3.8, 4) is 0 Å². The number of rotatable bonds is 4. The van der Waals surface area contributed by atoms with Crippen LogP contribution in [0.3, 0.4) is 0 Å². The highest BCUT2D eigenvalue weighted by Crippen LogP contribution is 2.16. The Balaban J connectivity index is 2.08. The topological polar surface area (TPSA) is 29.1 Å². The molecule has 0 fully saturated rings. The maximum atomic E-state index is 13.5. The third-order valence-corrected chi connectivity index (χ3v) is 2.98. The molecule has 0 heterocycles. The first kappa shape index (κ1) is 13.3. The van der Waals surface area contributed by atoms with Gasteiger partial charge in [0.25, 0.3) is 0 Å². The summed E-state index contributed by atoms with van der Waals surface area (Å²) in [6.07, 6.45) is 0.890. The summed E-state index contributed by atoms with van der Waals surface area (Å²) in [5.41, 5.74) is 2.28. The zero-order valence-corrected chi connectivity index (χ0v) is 10.8. The van der Waals surface area contributed by atoms with Crippen molar-refractivity contribution in [3.05, 3.63) is 65.5 Å². The Labute approximate surface area is 112 Å². The number of amides is 1. The molecule has 0 aliphatic carbocycles. The lowest BCUT2D eigenvalue weighted by molar-refractivity contribution is -0.115. The van der Waals surface area contributed by atoms with Crippen molar-refractivity contribution >= 4 is 11.6 Å². The number of aryl methyl sites for hydroxylation is 1. The van der Waals surface area contributed by atoms with Gasteiger partial charge >= 0.3 is 0 Å². The third-order valence-electron chi connectivity index (χ3n) is 2.98. The molecule has 0 aromatic heterocycles. The van der Waals surface area contributed by atoms with E-state index in [1.807, 2.05) is 31.2 Å². The van der Waals surface area contributed by atoms with E-state index < -0.39 is 0 Å². The minimum atomic E-state index is -0.346. The number of nitrogens with one attached hydrogen (secondary N) is 1. The van der Waals surface area contributed by atoms with E-state index in [1.54, 1.807) is 18.2 Å². The van der Waals surface area contributed by atoms with Crippen LogP contribution in [0.1, 0.15) is 18.1 Å². The molecule has 0 spiro atoms.